The Balaban J connectivity index is 2.35. The SMILES string of the molecule is COc1ccc(OCCN/C=C(/C#N)C(=O)NC(C)C)cc1. The van der Waals surface area contributed by atoms with Gasteiger partial charge in [-0.3, -0.25) is 4.79 Å². The van der Waals surface area contributed by atoms with E-state index >= 15 is 0 Å². The lowest BCUT2D eigenvalue weighted by Gasteiger charge is -2.08. The lowest BCUT2D eigenvalue weighted by atomic mass is 10.2. The number of amides is 1. The van der Waals surface area contributed by atoms with Crippen LogP contribution in [0.2, 0.25) is 0 Å². The predicted molar refractivity (Wildman–Crippen MR) is 83.5 cm³/mol. The van der Waals surface area contributed by atoms with Crippen LogP contribution in [-0.2, 0) is 4.79 Å². The average Bonchev–Trinajstić information content (AvgIpc) is 2.50. The van der Waals surface area contributed by atoms with Crippen molar-refractivity contribution in [1.29, 1.82) is 5.26 Å². The van der Waals surface area contributed by atoms with Crippen molar-refractivity contribution < 1.29 is 14.3 Å². The summed E-state index contributed by atoms with van der Waals surface area (Å²) in [6.07, 6.45) is 1.40. The van der Waals surface area contributed by atoms with Crippen molar-refractivity contribution in [3.8, 4) is 17.6 Å². The third-order valence-corrected chi connectivity index (χ3v) is 2.61. The number of hydrogen-bond acceptors (Lipinski definition) is 5. The van der Waals surface area contributed by atoms with E-state index in [2.05, 4.69) is 10.6 Å². The van der Waals surface area contributed by atoms with E-state index in [-0.39, 0.29) is 17.5 Å². The van der Waals surface area contributed by atoms with Gasteiger partial charge in [-0.05, 0) is 38.1 Å². The van der Waals surface area contributed by atoms with Crippen LogP contribution in [0.4, 0.5) is 0 Å². The number of carbonyl (C=O) groups excluding carboxylic acids is 1. The van der Waals surface area contributed by atoms with Gasteiger partial charge in [-0.25, -0.2) is 0 Å². The van der Waals surface area contributed by atoms with Gasteiger partial charge < -0.3 is 20.1 Å². The number of benzene rings is 1. The second-order valence-electron chi connectivity index (χ2n) is 4.78. The molecule has 6 heteroatoms. The molecule has 0 radical (unpaired) electrons. The Morgan fingerprint density at radius 1 is 1.32 bits per heavy atom. The smallest absolute Gasteiger partial charge is 0.263 e. The highest BCUT2D eigenvalue weighted by Crippen LogP contribution is 2.16. The molecule has 0 aliphatic rings. The van der Waals surface area contributed by atoms with Crippen LogP contribution in [0.1, 0.15) is 13.8 Å². The van der Waals surface area contributed by atoms with Crippen LogP contribution < -0.4 is 20.1 Å². The summed E-state index contributed by atoms with van der Waals surface area (Å²) < 4.78 is 10.6. The summed E-state index contributed by atoms with van der Waals surface area (Å²) >= 11 is 0. The number of rotatable bonds is 8. The van der Waals surface area contributed by atoms with Gasteiger partial charge >= 0.3 is 0 Å². The Bertz CT molecular complexity index is 545. The van der Waals surface area contributed by atoms with E-state index in [1.165, 1.54) is 6.20 Å². The summed E-state index contributed by atoms with van der Waals surface area (Å²) in [4.78, 5) is 11.6. The molecule has 0 saturated heterocycles. The molecule has 1 rings (SSSR count). The van der Waals surface area contributed by atoms with Crippen molar-refractivity contribution in [3.63, 3.8) is 0 Å². The van der Waals surface area contributed by atoms with Gasteiger partial charge in [-0.15, -0.1) is 0 Å². The Hall–Kier alpha value is -2.68. The van der Waals surface area contributed by atoms with Gasteiger partial charge in [-0.2, -0.15) is 5.26 Å². The standard InChI is InChI=1S/C16H21N3O3/c1-12(2)19-16(20)13(10-17)11-18-8-9-22-15-6-4-14(21-3)5-7-15/h4-7,11-12,18H,8-9H2,1-3H3,(H,19,20)/b13-11-. The van der Waals surface area contributed by atoms with E-state index in [1.54, 1.807) is 7.11 Å². The maximum absolute atomic E-state index is 11.6. The molecular weight excluding hydrogens is 282 g/mol. The number of methoxy groups -OCH3 is 1. The number of hydrogen-bond donors (Lipinski definition) is 2. The first kappa shape index (κ1) is 17.4. The number of nitrogens with zero attached hydrogens (tertiary/aromatic N) is 1. The highest BCUT2D eigenvalue weighted by molar-refractivity contribution is 5.97. The van der Waals surface area contributed by atoms with Gasteiger partial charge in [0.2, 0.25) is 0 Å². The predicted octanol–water partition coefficient (Wildman–Crippen LogP) is 1.60. The zero-order valence-corrected chi connectivity index (χ0v) is 13.1. The first-order valence-corrected chi connectivity index (χ1v) is 6.98. The molecule has 2 N–H and O–H groups in total. The van der Waals surface area contributed by atoms with Crippen LogP contribution in [0.25, 0.3) is 0 Å². The Morgan fingerprint density at radius 3 is 2.50 bits per heavy atom. The minimum Gasteiger partial charge on any atom is -0.497 e. The quantitative estimate of drug-likeness (QED) is 0.433. The van der Waals surface area contributed by atoms with E-state index in [9.17, 15) is 4.79 Å². The second-order valence-corrected chi connectivity index (χ2v) is 4.78. The number of ether oxygens (including phenoxy) is 2. The number of nitriles is 1. The molecule has 0 aliphatic heterocycles. The molecule has 118 valence electrons. The molecule has 1 amide bonds. The second kappa shape index (κ2) is 9.29. The van der Waals surface area contributed by atoms with Gasteiger partial charge in [0.25, 0.3) is 5.91 Å². The fraction of sp³-hybridized carbons (Fsp3) is 0.375. The summed E-state index contributed by atoms with van der Waals surface area (Å²) in [5, 5.41) is 14.5. The number of nitrogens with one attached hydrogen (secondary N) is 2. The first-order chi connectivity index (χ1) is 10.6. The lowest BCUT2D eigenvalue weighted by molar-refractivity contribution is -0.117. The zero-order valence-electron chi connectivity index (χ0n) is 13.1. The van der Waals surface area contributed by atoms with E-state index in [0.717, 1.165) is 11.5 Å². The molecule has 1 aromatic carbocycles. The van der Waals surface area contributed by atoms with Crippen molar-refractivity contribution in [2.24, 2.45) is 0 Å². The minimum atomic E-state index is -0.388. The fourth-order valence-corrected chi connectivity index (χ4v) is 1.56. The molecule has 0 spiro atoms. The normalized spacial score (nSPS) is 10.8. The molecule has 0 heterocycles. The third kappa shape index (κ3) is 6.18. The molecule has 0 unspecified atom stereocenters. The van der Waals surface area contributed by atoms with E-state index in [0.29, 0.717) is 13.2 Å². The van der Waals surface area contributed by atoms with Gasteiger partial charge in [0.05, 0.1) is 7.11 Å². The molecule has 6 nitrogen and oxygen atoms in total. The highest BCUT2D eigenvalue weighted by Gasteiger charge is 2.09. The average molecular weight is 303 g/mol. The molecular formula is C16H21N3O3. The summed E-state index contributed by atoms with van der Waals surface area (Å²) in [6.45, 7) is 4.56. The van der Waals surface area contributed by atoms with Crippen molar-refractivity contribution in [2.45, 2.75) is 19.9 Å². The van der Waals surface area contributed by atoms with Crippen molar-refractivity contribution in [2.75, 3.05) is 20.3 Å². The third-order valence-electron chi connectivity index (χ3n) is 2.61. The van der Waals surface area contributed by atoms with E-state index < -0.39 is 0 Å². The summed E-state index contributed by atoms with van der Waals surface area (Å²) in [6, 6.07) is 9.10. The van der Waals surface area contributed by atoms with Crippen LogP contribution in [0, 0.1) is 11.3 Å². The Kier molecular flexibility index (Phi) is 7.34. The summed E-state index contributed by atoms with van der Waals surface area (Å²) in [5.41, 5.74) is 0.0400. The van der Waals surface area contributed by atoms with Gasteiger partial charge in [0.1, 0.15) is 29.7 Å². The van der Waals surface area contributed by atoms with Crippen LogP contribution in [0.5, 0.6) is 11.5 Å². The summed E-state index contributed by atoms with van der Waals surface area (Å²) in [7, 11) is 1.61. The largest absolute Gasteiger partial charge is 0.497 e. The van der Waals surface area contributed by atoms with Crippen LogP contribution in [0.15, 0.2) is 36.0 Å². The van der Waals surface area contributed by atoms with Crippen molar-refractivity contribution >= 4 is 5.91 Å². The van der Waals surface area contributed by atoms with Gasteiger partial charge in [0, 0.05) is 18.8 Å². The molecule has 0 fully saturated rings. The maximum atomic E-state index is 11.6. The van der Waals surface area contributed by atoms with Crippen molar-refractivity contribution in [3.05, 3.63) is 36.0 Å². The molecule has 22 heavy (non-hydrogen) atoms. The Morgan fingerprint density at radius 2 is 1.95 bits per heavy atom. The molecule has 0 aliphatic carbocycles. The lowest BCUT2D eigenvalue weighted by Crippen LogP contribution is -2.31. The van der Waals surface area contributed by atoms with E-state index in [4.69, 9.17) is 14.7 Å². The molecule has 0 atom stereocenters. The topological polar surface area (TPSA) is 83.4 Å². The van der Waals surface area contributed by atoms with Gasteiger partial charge in [0.15, 0.2) is 0 Å². The maximum Gasteiger partial charge on any atom is 0.263 e. The van der Waals surface area contributed by atoms with Gasteiger partial charge in [-0.1, -0.05) is 0 Å². The minimum absolute atomic E-state index is 0.0114. The fourth-order valence-electron chi connectivity index (χ4n) is 1.56. The molecule has 0 saturated carbocycles. The highest BCUT2D eigenvalue weighted by atomic mass is 16.5. The first-order valence-electron chi connectivity index (χ1n) is 6.98. The monoisotopic (exact) mass is 303 g/mol. The van der Waals surface area contributed by atoms with Crippen LogP contribution in [0.3, 0.4) is 0 Å². The zero-order chi connectivity index (χ0) is 16.4. The number of carbonyl (C=O) groups is 1. The molecule has 0 aromatic heterocycles. The molecule has 1 aromatic rings. The van der Waals surface area contributed by atoms with E-state index in [1.807, 2.05) is 44.2 Å². The molecule has 0 bridgehead atoms. The van der Waals surface area contributed by atoms with Crippen molar-refractivity contribution in [1.82, 2.24) is 10.6 Å². The van der Waals surface area contributed by atoms with Crippen LogP contribution >= 0.6 is 0 Å². The Labute approximate surface area is 130 Å². The summed E-state index contributed by atoms with van der Waals surface area (Å²) in [5.74, 6) is 1.11. The van der Waals surface area contributed by atoms with Crippen LogP contribution in [-0.4, -0.2) is 32.2 Å².